The number of carbonyl (C=O) groups is 1. The molecule has 116 valence electrons. The molecule has 2 N–H and O–H groups in total. The van der Waals surface area contributed by atoms with Gasteiger partial charge in [0.15, 0.2) is 0 Å². The van der Waals surface area contributed by atoms with E-state index >= 15 is 0 Å². The second-order valence-electron chi connectivity index (χ2n) is 5.00. The van der Waals surface area contributed by atoms with Crippen LogP contribution in [-0.4, -0.2) is 15.8 Å². The number of rotatable bonds is 3. The number of hydrogen-bond donors (Lipinski definition) is 2. The third-order valence-corrected chi connectivity index (χ3v) is 3.18. The fourth-order valence-electron chi connectivity index (χ4n) is 2.17. The molecule has 0 radical (unpaired) electrons. The van der Waals surface area contributed by atoms with Crippen LogP contribution in [0.1, 0.15) is 5.69 Å². The fraction of sp³-hybridized carbons (Fsp3) is 0.0588. The highest BCUT2D eigenvalue weighted by atomic mass is 19.1. The Bertz CT molecular complexity index is 812. The molecule has 0 fully saturated rings. The van der Waals surface area contributed by atoms with E-state index in [-0.39, 0.29) is 5.82 Å². The van der Waals surface area contributed by atoms with E-state index in [1.807, 2.05) is 37.3 Å². The van der Waals surface area contributed by atoms with Gasteiger partial charge in [0.2, 0.25) is 0 Å². The number of halogens is 1. The van der Waals surface area contributed by atoms with Gasteiger partial charge in [0.1, 0.15) is 11.6 Å². The maximum absolute atomic E-state index is 12.9. The highest BCUT2D eigenvalue weighted by Gasteiger charge is 2.10. The van der Waals surface area contributed by atoms with Crippen molar-refractivity contribution in [1.29, 1.82) is 0 Å². The van der Waals surface area contributed by atoms with E-state index in [9.17, 15) is 9.18 Å². The zero-order chi connectivity index (χ0) is 16.2. The Morgan fingerprint density at radius 3 is 2.43 bits per heavy atom. The van der Waals surface area contributed by atoms with Gasteiger partial charge in [0, 0.05) is 11.8 Å². The Balaban J connectivity index is 1.77. The van der Waals surface area contributed by atoms with Crippen LogP contribution < -0.4 is 10.6 Å². The van der Waals surface area contributed by atoms with Gasteiger partial charge in [-0.05, 0) is 43.3 Å². The Labute approximate surface area is 132 Å². The largest absolute Gasteiger partial charge is 0.324 e. The first-order valence-electron chi connectivity index (χ1n) is 7.07. The highest BCUT2D eigenvalue weighted by molar-refractivity contribution is 5.99. The van der Waals surface area contributed by atoms with Crippen molar-refractivity contribution in [3.05, 3.63) is 72.2 Å². The van der Waals surface area contributed by atoms with Gasteiger partial charge >= 0.3 is 6.03 Å². The SMILES string of the molecule is Cc1cc(NC(=O)Nc2ccc(F)cc2)n(-c2ccccc2)n1. The Hall–Kier alpha value is -3.15. The lowest BCUT2D eigenvalue weighted by molar-refractivity contribution is 0.262. The highest BCUT2D eigenvalue weighted by Crippen LogP contribution is 2.17. The van der Waals surface area contributed by atoms with E-state index in [2.05, 4.69) is 15.7 Å². The van der Waals surface area contributed by atoms with Crippen molar-refractivity contribution in [2.75, 3.05) is 10.6 Å². The first-order chi connectivity index (χ1) is 11.1. The number of aromatic nitrogens is 2. The molecule has 5 nitrogen and oxygen atoms in total. The third kappa shape index (κ3) is 3.55. The topological polar surface area (TPSA) is 59.0 Å². The third-order valence-electron chi connectivity index (χ3n) is 3.18. The molecule has 2 aromatic carbocycles. The van der Waals surface area contributed by atoms with Crippen LogP contribution in [0.2, 0.25) is 0 Å². The molecule has 0 saturated carbocycles. The minimum absolute atomic E-state index is 0.353. The van der Waals surface area contributed by atoms with E-state index in [0.717, 1.165) is 11.4 Å². The number of para-hydroxylation sites is 1. The first kappa shape index (κ1) is 14.8. The number of hydrogen-bond acceptors (Lipinski definition) is 2. The lowest BCUT2D eigenvalue weighted by atomic mass is 10.3. The van der Waals surface area contributed by atoms with E-state index in [0.29, 0.717) is 11.5 Å². The van der Waals surface area contributed by atoms with Crippen molar-refractivity contribution >= 4 is 17.5 Å². The lowest BCUT2D eigenvalue weighted by Crippen LogP contribution is -2.21. The summed E-state index contributed by atoms with van der Waals surface area (Å²) in [5.41, 5.74) is 2.13. The summed E-state index contributed by atoms with van der Waals surface area (Å²) >= 11 is 0. The molecule has 1 aromatic heterocycles. The average Bonchev–Trinajstić information content (AvgIpc) is 2.91. The minimum atomic E-state index is -0.423. The van der Waals surface area contributed by atoms with Crippen LogP contribution >= 0.6 is 0 Å². The van der Waals surface area contributed by atoms with Crippen molar-refractivity contribution in [3.8, 4) is 5.69 Å². The van der Waals surface area contributed by atoms with Crippen LogP contribution in [0.25, 0.3) is 5.69 Å². The van der Waals surface area contributed by atoms with Gasteiger partial charge in [-0.3, -0.25) is 5.32 Å². The molecule has 0 unspecified atom stereocenters. The summed E-state index contributed by atoms with van der Waals surface area (Å²) in [4.78, 5) is 12.1. The van der Waals surface area contributed by atoms with Gasteiger partial charge in [-0.15, -0.1) is 0 Å². The number of urea groups is 1. The molecule has 3 rings (SSSR count). The summed E-state index contributed by atoms with van der Waals surface area (Å²) in [5, 5.41) is 9.77. The standard InChI is InChI=1S/C17H15FN4O/c1-12-11-16(22(21-12)15-5-3-2-4-6-15)20-17(23)19-14-9-7-13(18)8-10-14/h2-11H,1H3,(H2,19,20,23). The second-order valence-corrected chi connectivity index (χ2v) is 5.00. The first-order valence-corrected chi connectivity index (χ1v) is 7.07. The van der Waals surface area contributed by atoms with Crippen LogP contribution in [0.4, 0.5) is 20.7 Å². The average molecular weight is 310 g/mol. The van der Waals surface area contributed by atoms with Crippen molar-refractivity contribution in [3.63, 3.8) is 0 Å². The Morgan fingerprint density at radius 2 is 1.74 bits per heavy atom. The van der Waals surface area contributed by atoms with Gasteiger partial charge in [-0.1, -0.05) is 18.2 Å². The van der Waals surface area contributed by atoms with E-state index < -0.39 is 6.03 Å². The minimum Gasteiger partial charge on any atom is -0.308 e. The molecule has 0 bridgehead atoms. The summed E-state index contributed by atoms with van der Waals surface area (Å²) < 4.78 is 14.5. The molecular formula is C17H15FN4O. The summed E-state index contributed by atoms with van der Waals surface area (Å²) in [6.07, 6.45) is 0. The molecule has 0 aliphatic heterocycles. The van der Waals surface area contributed by atoms with Crippen LogP contribution in [0.5, 0.6) is 0 Å². The predicted molar refractivity (Wildman–Crippen MR) is 87.3 cm³/mol. The maximum atomic E-state index is 12.9. The zero-order valence-electron chi connectivity index (χ0n) is 12.5. The zero-order valence-corrected chi connectivity index (χ0v) is 12.5. The van der Waals surface area contributed by atoms with Crippen molar-refractivity contribution in [2.24, 2.45) is 0 Å². The maximum Gasteiger partial charge on any atom is 0.324 e. The van der Waals surface area contributed by atoms with Crippen LogP contribution in [0.15, 0.2) is 60.7 Å². The van der Waals surface area contributed by atoms with Gasteiger partial charge in [-0.25, -0.2) is 13.9 Å². The molecular weight excluding hydrogens is 295 g/mol. The van der Waals surface area contributed by atoms with E-state index in [4.69, 9.17) is 0 Å². The van der Waals surface area contributed by atoms with Gasteiger partial charge in [-0.2, -0.15) is 5.10 Å². The van der Waals surface area contributed by atoms with Gasteiger partial charge in [0.25, 0.3) is 0 Å². The summed E-state index contributed by atoms with van der Waals surface area (Å²) in [6, 6.07) is 16.4. The normalized spacial score (nSPS) is 10.3. The lowest BCUT2D eigenvalue weighted by Gasteiger charge is -2.10. The number of carbonyl (C=O) groups excluding carboxylic acids is 1. The fourth-order valence-corrected chi connectivity index (χ4v) is 2.17. The van der Waals surface area contributed by atoms with E-state index in [1.165, 1.54) is 24.3 Å². The summed E-state index contributed by atoms with van der Waals surface area (Å²) in [7, 11) is 0. The molecule has 0 spiro atoms. The number of nitrogens with one attached hydrogen (secondary N) is 2. The second kappa shape index (κ2) is 6.31. The van der Waals surface area contributed by atoms with Crippen LogP contribution in [0, 0.1) is 12.7 Å². The van der Waals surface area contributed by atoms with Gasteiger partial charge < -0.3 is 5.32 Å². The molecule has 23 heavy (non-hydrogen) atoms. The molecule has 0 aliphatic carbocycles. The smallest absolute Gasteiger partial charge is 0.308 e. The molecule has 6 heteroatoms. The van der Waals surface area contributed by atoms with Crippen molar-refractivity contribution in [2.45, 2.75) is 6.92 Å². The molecule has 0 atom stereocenters. The summed E-state index contributed by atoms with van der Waals surface area (Å²) in [5.74, 6) is 0.196. The van der Waals surface area contributed by atoms with Crippen LogP contribution in [0.3, 0.4) is 0 Å². The molecule has 1 heterocycles. The van der Waals surface area contributed by atoms with Crippen LogP contribution in [-0.2, 0) is 0 Å². The number of benzene rings is 2. The summed E-state index contributed by atoms with van der Waals surface area (Å²) in [6.45, 7) is 1.85. The molecule has 0 saturated heterocycles. The quantitative estimate of drug-likeness (QED) is 0.769. The molecule has 0 aliphatic rings. The van der Waals surface area contributed by atoms with Crippen molar-refractivity contribution < 1.29 is 9.18 Å². The Kier molecular flexibility index (Phi) is 4.05. The van der Waals surface area contributed by atoms with Crippen molar-refractivity contribution in [1.82, 2.24) is 9.78 Å². The monoisotopic (exact) mass is 310 g/mol. The predicted octanol–water partition coefficient (Wildman–Crippen LogP) is 3.96. The van der Waals surface area contributed by atoms with Gasteiger partial charge in [0.05, 0.1) is 11.4 Å². The van der Waals surface area contributed by atoms with E-state index in [1.54, 1.807) is 10.7 Å². The Morgan fingerprint density at radius 1 is 1.04 bits per heavy atom. The molecule has 2 amide bonds. The number of anilines is 2. The number of nitrogens with zero attached hydrogens (tertiary/aromatic N) is 2. The number of amides is 2. The molecule has 3 aromatic rings. The number of aryl methyl sites for hydroxylation is 1.